The molecule has 0 atom stereocenters. The zero-order chi connectivity index (χ0) is 14.6. The van der Waals surface area contributed by atoms with Gasteiger partial charge in [0, 0.05) is 20.6 Å². The van der Waals surface area contributed by atoms with Gasteiger partial charge < -0.3 is 16.2 Å². The molecule has 4 N–H and O–H groups in total. The van der Waals surface area contributed by atoms with Crippen molar-refractivity contribution in [2.45, 2.75) is 0 Å². The van der Waals surface area contributed by atoms with E-state index in [1.54, 1.807) is 0 Å². The van der Waals surface area contributed by atoms with Crippen LogP contribution in [0.25, 0.3) is 0 Å². The minimum absolute atomic E-state index is 0.0533. The first-order valence-electron chi connectivity index (χ1n) is 5.37. The summed E-state index contributed by atoms with van der Waals surface area (Å²) in [5.41, 5.74) is 5.58. The SMILES string of the molecule is CN(C)S(=O)(=O)CCNc1ncc(N)cc1C(=O)O. The number of rotatable bonds is 6. The average molecular weight is 288 g/mol. The van der Waals surface area contributed by atoms with Crippen LogP contribution >= 0.6 is 0 Å². The van der Waals surface area contributed by atoms with Crippen molar-refractivity contribution in [3.05, 3.63) is 17.8 Å². The number of nitrogens with one attached hydrogen (secondary N) is 1. The molecule has 1 aromatic rings. The lowest BCUT2D eigenvalue weighted by atomic mass is 10.2. The molecule has 19 heavy (non-hydrogen) atoms. The van der Waals surface area contributed by atoms with Crippen LogP contribution in [0.1, 0.15) is 10.4 Å². The lowest BCUT2D eigenvalue weighted by molar-refractivity contribution is 0.0697. The molecule has 0 radical (unpaired) electrons. The summed E-state index contributed by atoms with van der Waals surface area (Å²) in [6.07, 6.45) is 1.30. The first kappa shape index (κ1) is 15.2. The molecule has 0 bridgehead atoms. The van der Waals surface area contributed by atoms with E-state index in [1.165, 1.54) is 26.4 Å². The monoisotopic (exact) mass is 288 g/mol. The van der Waals surface area contributed by atoms with Gasteiger partial charge in [0.05, 0.1) is 17.6 Å². The molecule has 0 saturated carbocycles. The van der Waals surface area contributed by atoms with Gasteiger partial charge in [0.25, 0.3) is 0 Å². The summed E-state index contributed by atoms with van der Waals surface area (Å²) in [5.74, 6) is -1.25. The lowest BCUT2D eigenvalue weighted by Crippen LogP contribution is -2.28. The molecule has 0 aliphatic carbocycles. The number of hydrogen-bond donors (Lipinski definition) is 3. The number of nitrogens with two attached hydrogens (primary N) is 1. The number of aromatic nitrogens is 1. The Morgan fingerprint density at radius 3 is 2.68 bits per heavy atom. The predicted octanol–water partition coefficient (Wildman–Crippen LogP) is -0.335. The first-order chi connectivity index (χ1) is 8.74. The molecule has 1 heterocycles. The Morgan fingerprint density at radius 1 is 1.53 bits per heavy atom. The van der Waals surface area contributed by atoms with Crippen LogP contribution in [-0.2, 0) is 10.0 Å². The van der Waals surface area contributed by atoms with E-state index in [0.29, 0.717) is 0 Å². The molecular weight excluding hydrogens is 272 g/mol. The molecule has 0 unspecified atom stereocenters. The maximum Gasteiger partial charge on any atom is 0.339 e. The quantitative estimate of drug-likeness (QED) is 0.654. The van der Waals surface area contributed by atoms with Gasteiger partial charge in [-0.25, -0.2) is 22.5 Å². The maximum atomic E-state index is 11.5. The number of carbonyl (C=O) groups is 1. The highest BCUT2D eigenvalue weighted by Crippen LogP contribution is 2.15. The lowest BCUT2D eigenvalue weighted by Gasteiger charge is -2.12. The molecule has 0 fully saturated rings. The van der Waals surface area contributed by atoms with E-state index < -0.39 is 16.0 Å². The molecular formula is C10H16N4O4S. The van der Waals surface area contributed by atoms with E-state index in [-0.39, 0.29) is 29.4 Å². The Hall–Kier alpha value is -1.87. The molecule has 0 aromatic carbocycles. The Labute approximate surface area is 111 Å². The summed E-state index contributed by atoms with van der Waals surface area (Å²) in [6.45, 7) is 0.0533. The minimum atomic E-state index is -3.34. The van der Waals surface area contributed by atoms with Gasteiger partial charge in [-0.2, -0.15) is 0 Å². The van der Waals surface area contributed by atoms with E-state index in [9.17, 15) is 13.2 Å². The molecule has 0 saturated heterocycles. The molecule has 1 aromatic heterocycles. The number of pyridine rings is 1. The van der Waals surface area contributed by atoms with Crippen LogP contribution in [0.2, 0.25) is 0 Å². The number of nitrogen functional groups attached to an aromatic ring is 1. The maximum absolute atomic E-state index is 11.5. The molecule has 8 nitrogen and oxygen atoms in total. The highest BCUT2D eigenvalue weighted by molar-refractivity contribution is 7.89. The van der Waals surface area contributed by atoms with Crippen molar-refractivity contribution >= 4 is 27.5 Å². The third-order valence-corrected chi connectivity index (χ3v) is 4.18. The molecule has 0 amide bonds. The van der Waals surface area contributed by atoms with Crippen molar-refractivity contribution < 1.29 is 18.3 Å². The number of anilines is 2. The van der Waals surface area contributed by atoms with Gasteiger partial charge in [0.1, 0.15) is 11.4 Å². The van der Waals surface area contributed by atoms with Gasteiger partial charge in [-0.05, 0) is 6.07 Å². The van der Waals surface area contributed by atoms with E-state index in [0.717, 1.165) is 4.31 Å². The van der Waals surface area contributed by atoms with Crippen molar-refractivity contribution in [1.82, 2.24) is 9.29 Å². The highest BCUT2D eigenvalue weighted by atomic mass is 32.2. The number of carboxylic acids is 1. The number of carboxylic acid groups (broad SMARTS) is 1. The van der Waals surface area contributed by atoms with Crippen LogP contribution in [0.15, 0.2) is 12.3 Å². The summed E-state index contributed by atoms with van der Waals surface area (Å²) in [5, 5.41) is 11.7. The van der Waals surface area contributed by atoms with Crippen molar-refractivity contribution in [3.63, 3.8) is 0 Å². The standard InChI is InChI=1S/C10H16N4O4S/c1-14(2)19(17,18)4-3-12-9-8(10(15)16)5-7(11)6-13-9/h5-6H,3-4,11H2,1-2H3,(H,12,13)(H,15,16). The van der Waals surface area contributed by atoms with Gasteiger partial charge in [-0.15, -0.1) is 0 Å². The minimum Gasteiger partial charge on any atom is -0.478 e. The van der Waals surface area contributed by atoms with E-state index in [2.05, 4.69) is 10.3 Å². The van der Waals surface area contributed by atoms with E-state index in [1.807, 2.05) is 0 Å². The molecule has 1 rings (SSSR count). The summed E-state index contributed by atoms with van der Waals surface area (Å²) in [6, 6.07) is 1.26. The third-order valence-electron chi connectivity index (χ3n) is 2.35. The topological polar surface area (TPSA) is 126 Å². The summed E-state index contributed by atoms with van der Waals surface area (Å²) >= 11 is 0. The van der Waals surface area contributed by atoms with Crippen LogP contribution < -0.4 is 11.1 Å². The number of nitrogens with zero attached hydrogens (tertiary/aromatic N) is 2. The van der Waals surface area contributed by atoms with Crippen LogP contribution in [0.3, 0.4) is 0 Å². The number of sulfonamides is 1. The molecule has 0 aliphatic heterocycles. The number of aromatic carboxylic acids is 1. The van der Waals surface area contributed by atoms with E-state index in [4.69, 9.17) is 10.8 Å². The van der Waals surface area contributed by atoms with Crippen molar-refractivity contribution in [2.75, 3.05) is 37.4 Å². The fourth-order valence-corrected chi connectivity index (χ4v) is 1.99. The highest BCUT2D eigenvalue weighted by Gasteiger charge is 2.15. The van der Waals surface area contributed by atoms with Gasteiger partial charge in [0.15, 0.2) is 0 Å². The fourth-order valence-electron chi connectivity index (χ4n) is 1.27. The zero-order valence-electron chi connectivity index (χ0n) is 10.6. The van der Waals surface area contributed by atoms with Crippen LogP contribution in [-0.4, -0.2) is 55.2 Å². The van der Waals surface area contributed by atoms with Crippen molar-refractivity contribution in [2.24, 2.45) is 0 Å². The normalized spacial score (nSPS) is 11.5. The largest absolute Gasteiger partial charge is 0.478 e. The zero-order valence-corrected chi connectivity index (χ0v) is 11.4. The second-order valence-corrected chi connectivity index (χ2v) is 6.30. The van der Waals surface area contributed by atoms with Crippen LogP contribution in [0.4, 0.5) is 11.5 Å². The summed E-state index contributed by atoms with van der Waals surface area (Å²) in [7, 11) is -0.479. The second-order valence-electron chi connectivity index (χ2n) is 4.00. The van der Waals surface area contributed by atoms with Crippen LogP contribution in [0, 0.1) is 0 Å². The fraction of sp³-hybridized carbons (Fsp3) is 0.400. The second kappa shape index (κ2) is 5.85. The predicted molar refractivity (Wildman–Crippen MR) is 71.6 cm³/mol. The van der Waals surface area contributed by atoms with Gasteiger partial charge in [0.2, 0.25) is 10.0 Å². The molecule has 9 heteroatoms. The Balaban J connectivity index is 2.77. The van der Waals surface area contributed by atoms with Crippen molar-refractivity contribution in [1.29, 1.82) is 0 Å². The van der Waals surface area contributed by atoms with Gasteiger partial charge in [-0.3, -0.25) is 0 Å². The summed E-state index contributed by atoms with van der Waals surface area (Å²) in [4.78, 5) is 14.8. The van der Waals surface area contributed by atoms with Crippen molar-refractivity contribution in [3.8, 4) is 0 Å². The van der Waals surface area contributed by atoms with Gasteiger partial charge in [-0.1, -0.05) is 0 Å². The van der Waals surface area contributed by atoms with Gasteiger partial charge >= 0.3 is 5.97 Å². The average Bonchev–Trinajstić information content (AvgIpc) is 2.30. The van der Waals surface area contributed by atoms with E-state index >= 15 is 0 Å². The Morgan fingerprint density at radius 2 is 2.16 bits per heavy atom. The third kappa shape index (κ3) is 4.07. The van der Waals surface area contributed by atoms with Crippen LogP contribution in [0.5, 0.6) is 0 Å². The Kier molecular flexibility index (Phi) is 4.67. The molecule has 0 aliphatic rings. The Bertz CT molecular complexity index is 571. The molecule has 106 valence electrons. The molecule has 0 spiro atoms. The number of hydrogen-bond acceptors (Lipinski definition) is 6. The smallest absolute Gasteiger partial charge is 0.339 e. The summed E-state index contributed by atoms with van der Waals surface area (Å²) < 4.78 is 24.1. The first-order valence-corrected chi connectivity index (χ1v) is 6.98.